The summed E-state index contributed by atoms with van der Waals surface area (Å²) >= 11 is 1.21. The lowest BCUT2D eigenvalue weighted by Gasteiger charge is -2.22. The predicted molar refractivity (Wildman–Crippen MR) is 168 cm³/mol. The highest BCUT2D eigenvalue weighted by atomic mass is 32.2. The minimum absolute atomic E-state index is 0.0464. The fourth-order valence-electron chi connectivity index (χ4n) is 5.11. The Labute approximate surface area is 255 Å². The molecule has 3 heterocycles. The highest BCUT2D eigenvalue weighted by molar-refractivity contribution is 7.97. The number of unbranched alkanes of at least 4 members (excludes halogenated alkanes) is 1. The lowest BCUT2D eigenvalue weighted by molar-refractivity contribution is -0.107. The topological polar surface area (TPSA) is 122 Å². The van der Waals surface area contributed by atoms with Crippen LogP contribution in [-0.2, 0) is 29.0 Å². The summed E-state index contributed by atoms with van der Waals surface area (Å²) in [6.07, 6.45) is 4.96. The predicted octanol–water partition coefficient (Wildman–Crippen LogP) is 5.09. The number of benzene rings is 2. The van der Waals surface area contributed by atoms with E-state index in [1.54, 1.807) is 11.5 Å². The Balaban J connectivity index is 0.00000207. The summed E-state index contributed by atoms with van der Waals surface area (Å²) in [4.78, 5) is 36.0. The first-order chi connectivity index (χ1) is 20.8. The van der Waals surface area contributed by atoms with Gasteiger partial charge in [-0.15, -0.1) is 9.95 Å². The highest BCUT2D eigenvalue weighted by Crippen LogP contribution is 2.35. The van der Waals surface area contributed by atoms with E-state index < -0.39 is 6.17 Å². The summed E-state index contributed by atoms with van der Waals surface area (Å²) < 4.78 is 4.98. The van der Waals surface area contributed by atoms with Crippen LogP contribution in [-0.4, -0.2) is 48.5 Å². The number of para-hydroxylation sites is 2. The van der Waals surface area contributed by atoms with E-state index in [4.69, 9.17) is 14.9 Å². The maximum absolute atomic E-state index is 13.6. The number of allylic oxidation sites excluding steroid dienone is 1. The van der Waals surface area contributed by atoms with Crippen molar-refractivity contribution in [2.45, 2.75) is 71.0 Å². The molecule has 10 nitrogen and oxygen atoms in total. The number of aryl methyl sites for hydroxylation is 2. The molecule has 43 heavy (non-hydrogen) atoms. The number of rotatable bonds is 11. The molecular formula is C32H39N5O5S. The second-order valence-corrected chi connectivity index (χ2v) is 11.2. The number of carbonyl (C=O) groups excluding carboxylic acids is 1. The van der Waals surface area contributed by atoms with Crippen LogP contribution in [0, 0.1) is 6.92 Å². The van der Waals surface area contributed by atoms with E-state index in [1.165, 1.54) is 11.9 Å². The molecule has 11 heteroatoms. The molecule has 5 rings (SSSR count). The van der Waals surface area contributed by atoms with Crippen LogP contribution in [0.15, 0.2) is 75.8 Å². The van der Waals surface area contributed by atoms with Crippen LogP contribution in [0.1, 0.15) is 56.3 Å². The third-order valence-corrected chi connectivity index (χ3v) is 8.48. The first kappa shape index (κ1) is 32.2. The number of hydroxylamine groups is 2. The van der Waals surface area contributed by atoms with Gasteiger partial charge in [-0.2, -0.15) is 0 Å². The Morgan fingerprint density at radius 2 is 1.84 bits per heavy atom. The summed E-state index contributed by atoms with van der Waals surface area (Å²) in [5, 5.41) is 19.0. The minimum atomic E-state index is -0.479. The lowest BCUT2D eigenvalue weighted by Crippen LogP contribution is -2.36. The zero-order valence-electron chi connectivity index (χ0n) is 25.2. The maximum atomic E-state index is 13.6. The van der Waals surface area contributed by atoms with Gasteiger partial charge < -0.3 is 24.5 Å². The smallest absolute Gasteiger partial charge is 0.257 e. The Bertz CT molecular complexity index is 1680. The molecule has 1 aliphatic rings. The molecule has 2 aromatic carbocycles. The monoisotopic (exact) mass is 605 g/mol. The maximum Gasteiger partial charge on any atom is 0.257 e. The second kappa shape index (κ2) is 14.6. The molecule has 0 bridgehead atoms. The number of aromatic nitrogens is 3. The van der Waals surface area contributed by atoms with Gasteiger partial charge in [0.05, 0.1) is 17.7 Å². The van der Waals surface area contributed by atoms with Crippen molar-refractivity contribution in [3.63, 3.8) is 0 Å². The van der Waals surface area contributed by atoms with Gasteiger partial charge in [-0.3, -0.25) is 9.36 Å². The van der Waals surface area contributed by atoms with Crippen molar-refractivity contribution >= 4 is 29.1 Å². The Hall–Kier alpha value is -3.74. The van der Waals surface area contributed by atoms with Gasteiger partial charge in [0.15, 0.2) is 6.17 Å². The van der Waals surface area contributed by atoms with Crippen molar-refractivity contribution in [2.24, 2.45) is 0 Å². The van der Waals surface area contributed by atoms with E-state index in [9.17, 15) is 14.8 Å². The van der Waals surface area contributed by atoms with Crippen LogP contribution >= 0.6 is 11.9 Å². The van der Waals surface area contributed by atoms with E-state index in [2.05, 4.69) is 23.0 Å². The van der Waals surface area contributed by atoms with Gasteiger partial charge in [0.25, 0.3) is 5.56 Å². The number of nitrogens with one attached hydrogen (secondary N) is 1. The fraction of sp³-hybridized carbons (Fsp3) is 0.344. The van der Waals surface area contributed by atoms with Gasteiger partial charge in [0.2, 0.25) is 0 Å². The zero-order chi connectivity index (χ0) is 31.1. The molecular weight excluding hydrogens is 566 g/mol. The van der Waals surface area contributed by atoms with Crippen LogP contribution in [0.3, 0.4) is 0 Å². The van der Waals surface area contributed by atoms with Crippen molar-refractivity contribution in [3.05, 3.63) is 99.1 Å². The van der Waals surface area contributed by atoms with E-state index in [-0.39, 0.29) is 12.0 Å². The van der Waals surface area contributed by atoms with Gasteiger partial charge in [-0.25, -0.2) is 4.98 Å². The molecule has 0 amide bonds. The average molecular weight is 606 g/mol. The molecule has 2 aromatic heterocycles. The van der Waals surface area contributed by atoms with Gasteiger partial charge in [0.1, 0.15) is 17.9 Å². The van der Waals surface area contributed by atoms with Crippen molar-refractivity contribution in [1.29, 1.82) is 0 Å². The summed E-state index contributed by atoms with van der Waals surface area (Å²) in [5.74, 6) is 1.47. The first-order valence-electron chi connectivity index (χ1n) is 14.3. The molecule has 1 aliphatic heterocycles. The number of aliphatic hydroxyl groups is 1. The number of hydrogen-bond donors (Lipinski definition) is 3. The zero-order valence-corrected chi connectivity index (χ0v) is 26.0. The van der Waals surface area contributed by atoms with Crippen molar-refractivity contribution in [1.82, 2.24) is 24.1 Å². The summed E-state index contributed by atoms with van der Waals surface area (Å²) in [5.41, 5.74) is 7.48. The molecule has 228 valence electrons. The third-order valence-electron chi connectivity index (χ3n) is 7.54. The molecule has 0 radical (unpaired) electrons. The lowest BCUT2D eigenvalue weighted by atomic mass is 10.1. The first-order valence-corrected chi connectivity index (χ1v) is 15.0. The Morgan fingerprint density at radius 1 is 1.12 bits per heavy atom. The largest absolute Gasteiger partial charge is 0.411 e. The minimum Gasteiger partial charge on any atom is -0.411 e. The number of fused-ring (bicyclic) bond motifs is 1. The standard InChI is InChI=1S/C31H35N5O4S.CH4O/c1-5-6-15-29-32-21(3)24(16-17-37)31(38)35(29)19-23-18-34(26-12-8-7-11-25(23)26)27-13-9-10-14-28(27)41-36(39)30-20(2)22(4)40-33-30;1-2/h7-14,17-18,30,33,39H,5-6,15-16,19H2,1-4H3;2H,1H3. The van der Waals surface area contributed by atoms with Gasteiger partial charge in [0, 0.05) is 53.3 Å². The second-order valence-electron chi connectivity index (χ2n) is 10.2. The highest BCUT2D eigenvalue weighted by Gasteiger charge is 2.28. The molecule has 1 unspecified atom stereocenters. The van der Waals surface area contributed by atoms with Crippen molar-refractivity contribution < 1.29 is 19.9 Å². The Kier molecular flexibility index (Phi) is 10.9. The summed E-state index contributed by atoms with van der Waals surface area (Å²) in [6.45, 7) is 8.02. The van der Waals surface area contributed by atoms with E-state index in [1.807, 2.05) is 62.5 Å². The number of carbonyl (C=O) groups is 1. The molecule has 0 saturated carbocycles. The number of aliphatic hydroxyl groups excluding tert-OH is 1. The molecule has 0 spiro atoms. The molecule has 4 aromatic rings. The van der Waals surface area contributed by atoms with Crippen LogP contribution in [0.25, 0.3) is 16.6 Å². The van der Waals surface area contributed by atoms with Crippen molar-refractivity contribution in [3.8, 4) is 5.69 Å². The number of nitrogens with zero attached hydrogens (tertiary/aromatic N) is 4. The quantitative estimate of drug-likeness (QED) is 0.122. The van der Waals surface area contributed by atoms with Crippen LogP contribution in [0.2, 0.25) is 0 Å². The SMILES string of the molecule is CCCCc1nc(C)c(CC=O)c(=O)n1Cc1cn(-c2ccccc2SN(O)C2NOC(C)=C2C)c2ccccc12.CO. The third kappa shape index (κ3) is 6.76. The number of hydrogen-bond acceptors (Lipinski definition) is 9. The molecule has 0 saturated heterocycles. The van der Waals surface area contributed by atoms with Crippen LogP contribution in [0.5, 0.6) is 0 Å². The van der Waals surface area contributed by atoms with Gasteiger partial charge in [-0.05, 0) is 62.9 Å². The van der Waals surface area contributed by atoms with E-state index >= 15 is 0 Å². The van der Waals surface area contributed by atoms with Gasteiger partial charge in [-0.1, -0.05) is 43.7 Å². The van der Waals surface area contributed by atoms with Crippen LogP contribution in [0.4, 0.5) is 0 Å². The van der Waals surface area contributed by atoms with E-state index in [0.717, 1.165) is 74.9 Å². The van der Waals surface area contributed by atoms with Crippen LogP contribution < -0.4 is 11.0 Å². The molecule has 0 fully saturated rings. The van der Waals surface area contributed by atoms with Crippen molar-refractivity contribution in [2.75, 3.05) is 7.11 Å². The number of aldehydes is 1. The fourth-order valence-corrected chi connectivity index (χ4v) is 6.02. The molecule has 1 atom stereocenters. The Morgan fingerprint density at radius 3 is 2.53 bits per heavy atom. The summed E-state index contributed by atoms with van der Waals surface area (Å²) in [7, 11) is 1.00. The van der Waals surface area contributed by atoms with E-state index in [0.29, 0.717) is 24.2 Å². The molecule has 0 aliphatic carbocycles. The van der Waals surface area contributed by atoms with Gasteiger partial charge >= 0.3 is 0 Å². The summed E-state index contributed by atoms with van der Waals surface area (Å²) in [6, 6.07) is 15.9. The average Bonchev–Trinajstić information content (AvgIpc) is 3.56. The molecule has 3 N–H and O–H groups in total. The normalized spacial score (nSPS) is 14.7.